The van der Waals surface area contributed by atoms with Crippen molar-refractivity contribution >= 4 is 28.5 Å². The quantitative estimate of drug-likeness (QED) is 0.457. The minimum absolute atomic E-state index is 0.146. The molecule has 0 aliphatic carbocycles. The Kier molecular flexibility index (Phi) is 3.62. The predicted molar refractivity (Wildman–Crippen MR) is 100 cm³/mol. The summed E-state index contributed by atoms with van der Waals surface area (Å²) in [7, 11) is 0. The molecule has 4 nitrogen and oxygen atoms in total. The fourth-order valence-corrected chi connectivity index (χ4v) is 3.56. The number of rotatable bonds is 3. The van der Waals surface area contributed by atoms with Gasteiger partial charge >= 0.3 is 5.97 Å². The molecule has 4 aromatic rings. The summed E-state index contributed by atoms with van der Waals surface area (Å²) in [6.07, 6.45) is 1.87. The van der Waals surface area contributed by atoms with E-state index in [9.17, 15) is 9.90 Å². The Labute approximate surface area is 149 Å². The number of aromatic carboxylic acids is 1. The molecule has 0 bridgehead atoms. The summed E-state index contributed by atoms with van der Waals surface area (Å²) >= 11 is 6.33. The lowest BCUT2D eigenvalue weighted by Crippen LogP contribution is -1.99. The minimum atomic E-state index is -1.01. The summed E-state index contributed by atoms with van der Waals surface area (Å²) in [5.41, 5.74) is 5.09. The number of nitrogens with one attached hydrogen (secondary N) is 2. The highest BCUT2D eigenvalue weighted by molar-refractivity contribution is 6.33. The largest absolute Gasteiger partial charge is 0.477 e. The van der Waals surface area contributed by atoms with Gasteiger partial charge in [0.05, 0.1) is 5.69 Å². The number of halogens is 1. The Morgan fingerprint density at radius 1 is 1.04 bits per heavy atom. The van der Waals surface area contributed by atoms with Gasteiger partial charge in [-0.2, -0.15) is 0 Å². The third-order valence-corrected chi connectivity index (χ3v) is 4.80. The molecule has 5 heteroatoms. The van der Waals surface area contributed by atoms with Crippen LogP contribution in [0.15, 0.2) is 54.7 Å². The van der Waals surface area contributed by atoms with E-state index in [4.69, 9.17) is 11.6 Å². The van der Waals surface area contributed by atoms with Gasteiger partial charge < -0.3 is 15.1 Å². The summed E-state index contributed by atoms with van der Waals surface area (Å²) in [5, 5.41) is 11.3. The number of carbonyl (C=O) groups is 1. The van der Waals surface area contributed by atoms with Crippen LogP contribution in [0.5, 0.6) is 0 Å². The maximum Gasteiger partial charge on any atom is 0.352 e. The van der Waals surface area contributed by atoms with Gasteiger partial charge in [-0.15, -0.1) is 0 Å². The fourth-order valence-electron chi connectivity index (χ4n) is 3.33. The number of carboxylic acids is 1. The molecule has 0 fully saturated rings. The van der Waals surface area contributed by atoms with Gasteiger partial charge in [0.25, 0.3) is 0 Å². The lowest BCUT2D eigenvalue weighted by molar-refractivity contribution is 0.0692. The molecule has 0 saturated heterocycles. The van der Waals surface area contributed by atoms with Crippen LogP contribution in [0.25, 0.3) is 33.3 Å². The van der Waals surface area contributed by atoms with E-state index in [0.717, 1.165) is 27.7 Å². The van der Waals surface area contributed by atoms with Gasteiger partial charge in [-0.25, -0.2) is 4.79 Å². The van der Waals surface area contributed by atoms with Gasteiger partial charge in [-0.1, -0.05) is 41.9 Å². The highest BCUT2D eigenvalue weighted by Crippen LogP contribution is 2.39. The number of hydrogen-bond acceptors (Lipinski definition) is 1. The van der Waals surface area contributed by atoms with Crippen molar-refractivity contribution in [2.45, 2.75) is 6.92 Å². The van der Waals surface area contributed by atoms with Crippen LogP contribution < -0.4 is 0 Å². The van der Waals surface area contributed by atoms with Crippen molar-refractivity contribution in [3.63, 3.8) is 0 Å². The average Bonchev–Trinajstić information content (AvgIpc) is 3.20. The van der Waals surface area contributed by atoms with Crippen LogP contribution in [0.2, 0.25) is 5.02 Å². The lowest BCUT2D eigenvalue weighted by atomic mass is 9.98. The van der Waals surface area contributed by atoms with Crippen LogP contribution in [0.1, 0.15) is 16.1 Å². The molecule has 0 aliphatic heterocycles. The van der Waals surface area contributed by atoms with Crippen LogP contribution in [0.4, 0.5) is 0 Å². The van der Waals surface area contributed by atoms with Crippen molar-refractivity contribution in [1.29, 1.82) is 0 Å². The SMILES string of the molecule is Cc1c(-c2cccc3[nH]ccc23)[nH]c(C(=O)O)c1-c1ccccc1Cl. The fraction of sp³-hybridized carbons (Fsp3) is 0.0500. The first kappa shape index (κ1) is 15.5. The highest BCUT2D eigenvalue weighted by atomic mass is 35.5. The van der Waals surface area contributed by atoms with Gasteiger partial charge in [0.1, 0.15) is 5.69 Å². The minimum Gasteiger partial charge on any atom is -0.477 e. The average molecular weight is 351 g/mol. The van der Waals surface area contributed by atoms with Gasteiger partial charge in [-0.3, -0.25) is 0 Å². The number of H-pyrrole nitrogens is 2. The molecule has 2 aromatic carbocycles. The molecule has 4 rings (SSSR count). The first-order valence-electron chi connectivity index (χ1n) is 7.85. The Morgan fingerprint density at radius 2 is 1.80 bits per heavy atom. The summed E-state index contributed by atoms with van der Waals surface area (Å²) in [6, 6.07) is 15.2. The molecule has 2 heterocycles. The zero-order valence-electron chi connectivity index (χ0n) is 13.4. The van der Waals surface area contributed by atoms with Crippen molar-refractivity contribution in [3.8, 4) is 22.4 Å². The number of fused-ring (bicyclic) bond motifs is 1. The molecule has 0 saturated carbocycles. The molecule has 0 atom stereocenters. The van der Waals surface area contributed by atoms with Crippen molar-refractivity contribution in [1.82, 2.24) is 9.97 Å². The van der Waals surface area contributed by atoms with Gasteiger partial charge in [-0.05, 0) is 30.7 Å². The summed E-state index contributed by atoms with van der Waals surface area (Å²) in [4.78, 5) is 18.1. The monoisotopic (exact) mass is 350 g/mol. The maximum atomic E-state index is 11.8. The van der Waals surface area contributed by atoms with Crippen molar-refractivity contribution in [3.05, 3.63) is 71.0 Å². The second-order valence-electron chi connectivity index (χ2n) is 5.90. The molecule has 3 N–H and O–H groups in total. The van der Waals surface area contributed by atoms with Gasteiger partial charge in [0, 0.05) is 38.8 Å². The highest BCUT2D eigenvalue weighted by Gasteiger charge is 2.23. The molecule has 0 radical (unpaired) electrons. The standard InChI is InChI=1S/C20H15ClN2O2/c1-11-17(14-5-2-3-7-15(14)21)19(20(24)25)23-18(11)13-6-4-8-16-12(13)9-10-22-16/h2-10,22-23H,1H3,(H,24,25). The van der Waals surface area contributed by atoms with Gasteiger partial charge in [0.2, 0.25) is 0 Å². The van der Waals surface area contributed by atoms with E-state index in [-0.39, 0.29) is 5.69 Å². The molecule has 0 spiro atoms. The predicted octanol–water partition coefficient (Wildman–Crippen LogP) is 5.49. The lowest BCUT2D eigenvalue weighted by Gasteiger charge is -2.06. The Balaban J connectivity index is 2.04. The van der Waals surface area contributed by atoms with E-state index < -0.39 is 5.97 Å². The van der Waals surface area contributed by atoms with E-state index in [1.807, 2.05) is 55.6 Å². The first-order valence-corrected chi connectivity index (χ1v) is 8.23. The smallest absolute Gasteiger partial charge is 0.352 e. The molecular weight excluding hydrogens is 336 g/mol. The van der Waals surface area contributed by atoms with Crippen LogP contribution in [0.3, 0.4) is 0 Å². The Bertz CT molecular complexity index is 1110. The van der Waals surface area contributed by atoms with Crippen molar-refractivity contribution in [2.24, 2.45) is 0 Å². The topological polar surface area (TPSA) is 68.9 Å². The third-order valence-electron chi connectivity index (χ3n) is 4.47. The third kappa shape index (κ3) is 2.42. The number of carboxylic acid groups (broad SMARTS) is 1. The van der Waals surface area contributed by atoms with E-state index in [0.29, 0.717) is 16.1 Å². The molecule has 0 amide bonds. The molecule has 0 unspecified atom stereocenters. The second kappa shape index (κ2) is 5.83. The van der Waals surface area contributed by atoms with E-state index in [2.05, 4.69) is 9.97 Å². The molecule has 25 heavy (non-hydrogen) atoms. The first-order chi connectivity index (χ1) is 12.1. The van der Waals surface area contributed by atoms with E-state index >= 15 is 0 Å². The van der Waals surface area contributed by atoms with Crippen LogP contribution in [-0.2, 0) is 0 Å². The number of benzene rings is 2. The molecule has 2 aromatic heterocycles. The summed E-state index contributed by atoms with van der Waals surface area (Å²) in [6.45, 7) is 1.92. The normalized spacial score (nSPS) is 11.1. The van der Waals surface area contributed by atoms with Gasteiger partial charge in [0.15, 0.2) is 0 Å². The van der Waals surface area contributed by atoms with Crippen LogP contribution >= 0.6 is 11.6 Å². The zero-order chi connectivity index (χ0) is 17.6. The molecular formula is C20H15ClN2O2. The maximum absolute atomic E-state index is 11.8. The van der Waals surface area contributed by atoms with Crippen LogP contribution in [0, 0.1) is 6.92 Å². The molecule has 0 aliphatic rings. The number of aromatic amines is 2. The van der Waals surface area contributed by atoms with Crippen LogP contribution in [-0.4, -0.2) is 21.0 Å². The van der Waals surface area contributed by atoms with Crippen molar-refractivity contribution in [2.75, 3.05) is 0 Å². The number of hydrogen-bond donors (Lipinski definition) is 3. The van der Waals surface area contributed by atoms with E-state index in [1.54, 1.807) is 6.07 Å². The zero-order valence-corrected chi connectivity index (χ0v) is 14.2. The Hall–Kier alpha value is -2.98. The summed E-state index contributed by atoms with van der Waals surface area (Å²) < 4.78 is 0. The molecule has 124 valence electrons. The number of aromatic nitrogens is 2. The summed E-state index contributed by atoms with van der Waals surface area (Å²) in [5.74, 6) is -1.01. The Morgan fingerprint density at radius 3 is 2.56 bits per heavy atom. The van der Waals surface area contributed by atoms with Crippen molar-refractivity contribution < 1.29 is 9.90 Å². The van der Waals surface area contributed by atoms with E-state index in [1.165, 1.54) is 0 Å². The second-order valence-corrected chi connectivity index (χ2v) is 6.31.